The van der Waals surface area contributed by atoms with Crippen LogP contribution in [0.3, 0.4) is 0 Å². The number of ether oxygens (including phenoxy) is 3. The summed E-state index contributed by atoms with van der Waals surface area (Å²) in [4.78, 5) is 22.8. The maximum Gasteiger partial charge on any atom is 0.407 e. The highest BCUT2D eigenvalue weighted by Gasteiger charge is 2.28. The standard InChI is InChI=1S/C14H17NO5/c1-18-13(16)10-5-6-20-12-4-3-9(7-11(10)12)8-15-14(17)19-2/h3-4,7,10H,5-6,8H2,1-2H3,(H,15,17)/t10-/m1/s1. The van der Waals surface area contributed by atoms with Crippen LogP contribution in [-0.2, 0) is 20.8 Å². The number of esters is 1. The van der Waals surface area contributed by atoms with Gasteiger partial charge in [0.2, 0.25) is 0 Å². The Morgan fingerprint density at radius 2 is 2.15 bits per heavy atom. The van der Waals surface area contributed by atoms with Gasteiger partial charge in [-0.05, 0) is 24.1 Å². The molecule has 0 saturated carbocycles. The highest BCUT2D eigenvalue weighted by atomic mass is 16.5. The predicted octanol–water partition coefficient (Wildman–Crippen LogP) is 1.58. The molecule has 0 radical (unpaired) electrons. The summed E-state index contributed by atoms with van der Waals surface area (Å²) in [7, 11) is 2.68. The quantitative estimate of drug-likeness (QED) is 0.850. The highest BCUT2D eigenvalue weighted by molar-refractivity contribution is 5.79. The van der Waals surface area contributed by atoms with Crippen molar-refractivity contribution in [3.8, 4) is 5.75 Å². The first-order valence-corrected chi connectivity index (χ1v) is 6.31. The lowest BCUT2D eigenvalue weighted by Crippen LogP contribution is -2.24. The molecule has 0 aliphatic carbocycles. The molecule has 0 spiro atoms. The van der Waals surface area contributed by atoms with E-state index < -0.39 is 6.09 Å². The number of hydrogen-bond acceptors (Lipinski definition) is 5. The number of methoxy groups -OCH3 is 2. The van der Waals surface area contributed by atoms with Gasteiger partial charge in [0.1, 0.15) is 5.75 Å². The maximum absolute atomic E-state index is 11.8. The zero-order valence-corrected chi connectivity index (χ0v) is 11.5. The smallest absolute Gasteiger partial charge is 0.407 e. The number of carbonyl (C=O) groups excluding carboxylic acids is 2. The lowest BCUT2D eigenvalue weighted by molar-refractivity contribution is -0.143. The first-order valence-electron chi connectivity index (χ1n) is 6.31. The van der Waals surface area contributed by atoms with Crippen molar-refractivity contribution in [1.82, 2.24) is 5.32 Å². The largest absolute Gasteiger partial charge is 0.493 e. The molecule has 6 nitrogen and oxygen atoms in total. The number of nitrogens with one attached hydrogen (secondary N) is 1. The van der Waals surface area contributed by atoms with Gasteiger partial charge in [0.15, 0.2) is 0 Å². The summed E-state index contributed by atoms with van der Waals surface area (Å²) in [6.07, 6.45) is 0.0941. The number of fused-ring (bicyclic) bond motifs is 1. The molecule has 1 heterocycles. The molecule has 1 amide bonds. The van der Waals surface area contributed by atoms with E-state index in [0.717, 1.165) is 11.1 Å². The third-order valence-electron chi connectivity index (χ3n) is 3.22. The monoisotopic (exact) mass is 279 g/mol. The number of hydrogen-bond donors (Lipinski definition) is 1. The van der Waals surface area contributed by atoms with Crippen molar-refractivity contribution >= 4 is 12.1 Å². The lowest BCUT2D eigenvalue weighted by atomic mass is 9.92. The zero-order chi connectivity index (χ0) is 14.5. The molecule has 0 fully saturated rings. The third kappa shape index (κ3) is 3.01. The fourth-order valence-corrected chi connectivity index (χ4v) is 2.19. The Balaban J connectivity index is 2.19. The first kappa shape index (κ1) is 14.2. The van der Waals surface area contributed by atoms with E-state index in [1.165, 1.54) is 14.2 Å². The SMILES string of the molecule is COC(=O)NCc1ccc2c(c1)[C@H](C(=O)OC)CCO2. The van der Waals surface area contributed by atoms with Gasteiger partial charge >= 0.3 is 12.1 Å². The van der Waals surface area contributed by atoms with Gasteiger partial charge in [0.05, 0.1) is 26.7 Å². The molecule has 20 heavy (non-hydrogen) atoms. The van der Waals surface area contributed by atoms with Crippen molar-refractivity contribution < 1.29 is 23.8 Å². The van der Waals surface area contributed by atoms with Crippen molar-refractivity contribution in [2.24, 2.45) is 0 Å². The molecule has 0 saturated heterocycles. The minimum Gasteiger partial charge on any atom is -0.493 e. The second kappa shape index (κ2) is 6.27. The number of carbonyl (C=O) groups is 2. The third-order valence-corrected chi connectivity index (χ3v) is 3.22. The summed E-state index contributed by atoms with van der Waals surface area (Å²) in [5.41, 5.74) is 1.67. The number of rotatable bonds is 3. The fourth-order valence-electron chi connectivity index (χ4n) is 2.19. The van der Waals surface area contributed by atoms with Crippen LogP contribution < -0.4 is 10.1 Å². The Morgan fingerprint density at radius 1 is 1.35 bits per heavy atom. The molecular formula is C14H17NO5. The molecule has 108 valence electrons. The van der Waals surface area contributed by atoms with Crippen LogP contribution in [0.4, 0.5) is 4.79 Å². The van der Waals surface area contributed by atoms with Crippen LogP contribution in [0.15, 0.2) is 18.2 Å². The molecule has 1 aliphatic rings. The first-order chi connectivity index (χ1) is 9.65. The summed E-state index contributed by atoms with van der Waals surface area (Å²) < 4.78 is 14.9. The average molecular weight is 279 g/mol. The van der Waals surface area contributed by atoms with Crippen LogP contribution in [0, 0.1) is 0 Å². The van der Waals surface area contributed by atoms with Gasteiger partial charge in [-0.1, -0.05) is 6.07 Å². The molecule has 1 atom stereocenters. The topological polar surface area (TPSA) is 73.9 Å². The Kier molecular flexibility index (Phi) is 4.45. The summed E-state index contributed by atoms with van der Waals surface area (Å²) in [6, 6.07) is 5.50. The molecule has 6 heteroatoms. The minimum atomic E-state index is -0.497. The normalized spacial score (nSPS) is 16.6. The zero-order valence-electron chi connectivity index (χ0n) is 11.5. The average Bonchev–Trinajstić information content (AvgIpc) is 2.50. The predicted molar refractivity (Wildman–Crippen MR) is 70.6 cm³/mol. The maximum atomic E-state index is 11.8. The molecule has 1 N–H and O–H groups in total. The van der Waals surface area contributed by atoms with E-state index in [0.29, 0.717) is 25.3 Å². The van der Waals surface area contributed by atoms with Gasteiger partial charge < -0.3 is 19.5 Å². The molecule has 1 aliphatic heterocycles. The Morgan fingerprint density at radius 3 is 2.85 bits per heavy atom. The van der Waals surface area contributed by atoms with Gasteiger partial charge in [-0.2, -0.15) is 0 Å². The van der Waals surface area contributed by atoms with Crippen LogP contribution >= 0.6 is 0 Å². The Labute approximate surface area is 117 Å². The van der Waals surface area contributed by atoms with Crippen molar-refractivity contribution in [3.05, 3.63) is 29.3 Å². The molecule has 0 bridgehead atoms. The van der Waals surface area contributed by atoms with Crippen LogP contribution in [0.5, 0.6) is 5.75 Å². The van der Waals surface area contributed by atoms with Gasteiger partial charge in [0, 0.05) is 12.1 Å². The van der Waals surface area contributed by atoms with Gasteiger partial charge in [-0.3, -0.25) is 4.79 Å². The fraction of sp³-hybridized carbons (Fsp3) is 0.429. The Bertz CT molecular complexity index is 514. The number of alkyl carbamates (subject to hydrolysis) is 1. The van der Waals surface area contributed by atoms with Crippen molar-refractivity contribution in [1.29, 1.82) is 0 Å². The van der Waals surface area contributed by atoms with Crippen LogP contribution in [0.1, 0.15) is 23.5 Å². The van der Waals surface area contributed by atoms with E-state index in [1.54, 1.807) is 6.07 Å². The minimum absolute atomic E-state index is 0.271. The second-order valence-electron chi connectivity index (χ2n) is 4.43. The summed E-state index contributed by atoms with van der Waals surface area (Å²) in [5.74, 6) is 0.0999. The number of benzene rings is 1. The number of amides is 1. The van der Waals surface area contributed by atoms with E-state index in [-0.39, 0.29) is 11.9 Å². The second-order valence-corrected chi connectivity index (χ2v) is 4.43. The van der Waals surface area contributed by atoms with Crippen LogP contribution in [0.25, 0.3) is 0 Å². The summed E-state index contributed by atoms with van der Waals surface area (Å²) >= 11 is 0. The molecular weight excluding hydrogens is 262 g/mol. The molecule has 1 aromatic rings. The van der Waals surface area contributed by atoms with Gasteiger partial charge in [-0.15, -0.1) is 0 Å². The van der Waals surface area contributed by atoms with Gasteiger partial charge in [0.25, 0.3) is 0 Å². The molecule has 2 rings (SSSR count). The van der Waals surface area contributed by atoms with E-state index >= 15 is 0 Å². The summed E-state index contributed by atoms with van der Waals surface area (Å²) in [5, 5.41) is 2.60. The van der Waals surface area contributed by atoms with Crippen molar-refractivity contribution in [2.75, 3.05) is 20.8 Å². The molecule has 0 unspecified atom stereocenters. The molecule has 1 aromatic carbocycles. The lowest BCUT2D eigenvalue weighted by Gasteiger charge is -2.24. The van der Waals surface area contributed by atoms with E-state index in [4.69, 9.17) is 9.47 Å². The van der Waals surface area contributed by atoms with Gasteiger partial charge in [-0.25, -0.2) is 4.79 Å². The van der Waals surface area contributed by atoms with E-state index in [9.17, 15) is 9.59 Å². The summed E-state index contributed by atoms with van der Waals surface area (Å²) in [6.45, 7) is 0.820. The van der Waals surface area contributed by atoms with Crippen molar-refractivity contribution in [3.63, 3.8) is 0 Å². The van der Waals surface area contributed by atoms with Crippen LogP contribution in [0.2, 0.25) is 0 Å². The van der Waals surface area contributed by atoms with Crippen LogP contribution in [-0.4, -0.2) is 32.9 Å². The highest BCUT2D eigenvalue weighted by Crippen LogP contribution is 2.35. The van der Waals surface area contributed by atoms with E-state index in [2.05, 4.69) is 10.1 Å². The molecule has 0 aromatic heterocycles. The Hall–Kier alpha value is -2.24. The van der Waals surface area contributed by atoms with Crippen molar-refractivity contribution in [2.45, 2.75) is 18.9 Å². The van der Waals surface area contributed by atoms with E-state index in [1.807, 2.05) is 12.1 Å².